The van der Waals surface area contributed by atoms with Gasteiger partial charge < -0.3 is 14.8 Å². The van der Waals surface area contributed by atoms with Crippen LogP contribution in [0.4, 0.5) is 10.1 Å². The average Bonchev–Trinajstić information content (AvgIpc) is 3.00. The number of hydrogen-bond acceptors (Lipinski definition) is 2. The van der Waals surface area contributed by atoms with Crippen LogP contribution in [0.5, 0.6) is 0 Å². The number of likely N-dealkylation sites (tertiary alicyclic amines) is 1. The maximum atomic E-state index is 13.1. The normalized spacial score (nSPS) is 17.5. The predicted octanol–water partition coefficient (Wildman–Crippen LogP) is 4.03. The standard InChI is InChI=1S/C21H22FN3O/c1-24-19-7-3-2-5-15(19)13-20(24)21(26)25-12-4-6-18(14-25)23-17-10-8-16(22)9-11-17/h2-3,5,7-11,13,18,23H,4,6,12,14H2,1H3/t18-/m0/s1. The van der Waals surface area contributed by atoms with Crippen molar-refractivity contribution in [1.29, 1.82) is 0 Å². The van der Waals surface area contributed by atoms with Crippen molar-refractivity contribution in [3.8, 4) is 0 Å². The minimum absolute atomic E-state index is 0.0642. The second-order valence-corrected chi connectivity index (χ2v) is 6.89. The number of benzene rings is 2. The molecule has 0 aliphatic carbocycles. The Morgan fingerprint density at radius 3 is 2.69 bits per heavy atom. The van der Waals surface area contributed by atoms with Crippen molar-refractivity contribution in [1.82, 2.24) is 9.47 Å². The third kappa shape index (κ3) is 3.17. The minimum Gasteiger partial charge on any atom is -0.381 e. The number of amides is 1. The summed E-state index contributed by atoms with van der Waals surface area (Å²) in [5, 5.41) is 4.50. The average molecular weight is 351 g/mol. The molecule has 1 aliphatic heterocycles. The number of fused-ring (bicyclic) bond motifs is 1. The van der Waals surface area contributed by atoms with Gasteiger partial charge in [0.15, 0.2) is 0 Å². The van der Waals surface area contributed by atoms with E-state index < -0.39 is 0 Å². The summed E-state index contributed by atoms with van der Waals surface area (Å²) in [5.41, 5.74) is 2.66. The summed E-state index contributed by atoms with van der Waals surface area (Å²) in [6.45, 7) is 1.42. The number of nitrogens with one attached hydrogen (secondary N) is 1. The molecule has 4 rings (SSSR count). The fourth-order valence-electron chi connectivity index (χ4n) is 3.72. The fourth-order valence-corrected chi connectivity index (χ4v) is 3.72. The van der Waals surface area contributed by atoms with E-state index in [1.54, 1.807) is 12.1 Å². The molecule has 1 atom stereocenters. The Balaban J connectivity index is 1.50. The highest BCUT2D eigenvalue weighted by molar-refractivity contribution is 5.98. The largest absolute Gasteiger partial charge is 0.381 e. The molecular formula is C21H22FN3O. The van der Waals surface area contributed by atoms with E-state index in [1.165, 1.54) is 12.1 Å². The van der Waals surface area contributed by atoms with Gasteiger partial charge in [0.1, 0.15) is 11.5 Å². The van der Waals surface area contributed by atoms with E-state index in [-0.39, 0.29) is 17.8 Å². The number of para-hydroxylation sites is 1. The van der Waals surface area contributed by atoms with E-state index >= 15 is 0 Å². The number of carbonyl (C=O) groups excluding carboxylic acids is 1. The van der Waals surface area contributed by atoms with E-state index in [4.69, 9.17) is 0 Å². The van der Waals surface area contributed by atoms with Gasteiger partial charge in [0.2, 0.25) is 0 Å². The van der Waals surface area contributed by atoms with Crippen LogP contribution >= 0.6 is 0 Å². The second kappa shape index (κ2) is 6.83. The van der Waals surface area contributed by atoms with Crippen LogP contribution in [0, 0.1) is 5.82 Å². The summed E-state index contributed by atoms with van der Waals surface area (Å²) >= 11 is 0. The monoisotopic (exact) mass is 351 g/mol. The highest BCUT2D eigenvalue weighted by Gasteiger charge is 2.26. The van der Waals surface area contributed by atoms with Gasteiger partial charge in [0, 0.05) is 42.8 Å². The Labute approximate surface area is 152 Å². The third-order valence-electron chi connectivity index (χ3n) is 5.09. The Hall–Kier alpha value is -2.82. The first-order valence-corrected chi connectivity index (χ1v) is 8.97. The molecule has 1 aliphatic rings. The number of anilines is 1. The number of rotatable bonds is 3. The van der Waals surface area contributed by atoms with Crippen LogP contribution < -0.4 is 5.32 Å². The lowest BCUT2D eigenvalue weighted by Crippen LogP contribution is -2.45. The van der Waals surface area contributed by atoms with Gasteiger partial charge >= 0.3 is 0 Å². The van der Waals surface area contributed by atoms with Crippen LogP contribution in [0.25, 0.3) is 10.9 Å². The van der Waals surface area contributed by atoms with Gasteiger partial charge in [0.05, 0.1) is 0 Å². The molecule has 1 aromatic heterocycles. The first-order valence-electron chi connectivity index (χ1n) is 8.97. The SMILES string of the molecule is Cn1c(C(=O)N2CCC[C@H](Nc3ccc(F)cc3)C2)cc2ccccc21. The van der Waals surface area contributed by atoms with Crippen molar-refractivity contribution >= 4 is 22.5 Å². The summed E-state index contributed by atoms with van der Waals surface area (Å²) in [7, 11) is 1.94. The van der Waals surface area contributed by atoms with Crippen LogP contribution in [-0.2, 0) is 7.05 Å². The second-order valence-electron chi connectivity index (χ2n) is 6.89. The predicted molar refractivity (Wildman–Crippen MR) is 102 cm³/mol. The van der Waals surface area contributed by atoms with Gasteiger partial charge in [0.25, 0.3) is 5.91 Å². The first-order chi connectivity index (χ1) is 12.6. The molecule has 1 amide bonds. The maximum Gasteiger partial charge on any atom is 0.270 e. The van der Waals surface area contributed by atoms with E-state index in [9.17, 15) is 9.18 Å². The topological polar surface area (TPSA) is 37.3 Å². The Bertz CT molecular complexity index is 932. The molecule has 1 N–H and O–H groups in total. The molecule has 26 heavy (non-hydrogen) atoms. The zero-order valence-electron chi connectivity index (χ0n) is 14.8. The van der Waals surface area contributed by atoms with Crippen molar-refractivity contribution in [2.75, 3.05) is 18.4 Å². The van der Waals surface area contributed by atoms with Crippen LogP contribution in [0.3, 0.4) is 0 Å². The third-order valence-corrected chi connectivity index (χ3v) is 5.09. The van der Waals surface area contributed by atoms with Crippen molar-refractivity contribution in [2.24, 2.45) is 7.05 Å². The molecule has 0 spiro atoms. The number of halogens is 1. The van der Waals surface area contributed by atoms with E-state index in [2.05, 4.69) is 5.32 Å². The van der Waals surface area contributed by atoms with Crippen molar-refractivity contribution < 1.29 is 9.18 Å². The summed E-state index contributed by atoms with van der Waals surface area (Å²) in [6, 6.07) is 16.5. The van der Waals surface area contributed by atoms with Crippen LogP contribution in [0.1, 0.15) is 23.3 Å². The maximum absolute atomic E-state index is 13.1. The minimum atomic E-state index is -0.244. The Morgan fingerprint density at radius 2 is 1.92 bits per heavy atom. The van der Waals surface area contributed by atoms with Gasteiger partial charge in [-0.3, -0.25) is 4.79 Å². The molecular weight excluding hydrogens is 329 g/mol. The lowest BCUT2D eigenvalue weighted by molar-refractivity contribution is 0.0705. The molecule has 3 aromatic rings. The lowest BCUT2D eigenvalue weighted by atomic mass is 10.0. The molecule has 2 heterocycles. The molecule has 0 saturated carbocycles. The summed E-state index contributed by atoms with van der Waals surface area (Å²) < 4.78 is 15.0. The van der Waals surface area contributed by atoms with Gasteiger partial charge in [-0.15, -0.1) is 0 Å². The van der Waals surface area contributed by atoms with Gasteiger partial charge in [-0.25, -0.2) is 4.39 Å². The molecule has 5 heteroatoms. The van der Waals surface area contributed by atoms with Gasteiger partial charge in [-0.05, 0) is 49.2 Å². The highest BCUT2D eigenvalue weighted by Crippen LogP contribution is 2.22. The van der Waals surface area contributed by atoms with E-state index in [0.717, 1.165) is 36.0 Å². The van der Waals surface area contributed by atoms with Gasteiger partial charge in [-0.2, -0.15) is 0 Å². The van der Waals surface area contributed by atoms with Crippen molar-refractivity contribution in [3.05, 3.63) is 66.1 Å². The van der Waals surface area contributed by atoms with E-state index in [1.807, 2.05) is 46.8 Å². The van der Waals surface area contributed by atoms with Crippen molar-refractivity contribution in [2.45, 2.75) is 18.9 Å². The lowest BCUT2D eigenvalue weighted by Gasteiger charge is -2.33. The fraction of sp³-hybridized carbons (Fsp3) is 0.286. The van der Waals surface area contributed by atoms with Crippen LogP contribution in [0.15, 0.2) is 54.6 Å². The molecule has 0 radical (unpaired) electrons. The summed E-state index contributed by atoms with van der Waals surface area (Å²) in [6.07, 6.45) is 1.95. The zero-order valence-corrected chi connectivity index (χ0v) is 14.8. The number of aryl methyl sites for hydroxylation is 1. The van der Waals surface area contributed by atoms with Crippen LogP contribution in [-0.4, -0.2) is 34.5 Å². The number of carbonyl (C=O) groups is 1. The molecule has 134 valence electrons. The quantitative estimate of drug-likeness (QED) is 0.773. The van der Waals surface area contributed by atoms with Gasteiger partial charge in [-0.1, -0.05) is 18.2 Å². The number of piperidine rings is 1. The van der Waals surface area contributed by atoms with Crippen molar-refractivity contribution in [3.63, 3.8) is 0 Å². The molecule has 1 fully saturated rings. The number of nitrogens with zero attached hydrogens (tertiary/aromatic N) is 2. The molecule has 2 aromatic carbocycles. The van der Waals surface area contributed by atoms with E-state index in [0.29, 0.717) is 12.2 Å². The number of hydrogen-bond donors (Lipinski definition) is 1. The molecule has 1 saturated heterocycles. The molecule has 0 unspecified atom stereocenters. The Kier molecular flexibility index (Phi) is 4.37. The molecule has 0 bridgehead atoms. The summed E-state index contributed by atoms with van der Waals surface area (Å²) in [4.78, 5) is 15.0. The first kappa shape index (κ1) is 16.6. The Morgan fingerprint density at radius 1 is 1.15 bits per heavy atom. The van der Waals surface area contributed by atoms with Crippen LogP contribution in [0.2, 0.25) is 0 Å². The number of aromatic nitrogens is 1. The molecule has 4 nitrogen and oxygen atoms in total. The summed E-state index contributed by atoms with van der Waals surface area (Å²) in [5.74, 6) is -0.180. The zero-order chi connectivity index (χ0) is 18.1. The highest BCUT2D eigenvalue weighted by atomic mass is 19.1. The smallest absolute Gasteiger partial charge is 0.270 e.